The number of benzene rings is 2. The second kappa shape index (κ2) is 7.74. The van der Waals surface area contributed by atoms with E-state index in [1.54, 1.807) is 20.1 Å². The van der Waals surface area contributed by atoms with E-state index in [0.717, 1.165) is 16.5 Å². The average molecular weight is 351 g/mol. The summed E-state index contributed by atoms with van der Waals surface area (Å²) in [6, 6.07) is 16.2. The minimum absolute atomic E-state index is 0.236. The van der Waals surface area contributed by atoms with Crippen molar-refractivity contribution in [1.29, 1.82) is 0 Å². The lowest BCUT2D eigenvalue weighted by atomic mass is 10.2. The molecule has 3 aromatic rings. The van der Waals surface area contributed by atoms with Gasteiger partial charge in [-0.2, -0.15) is 0 Å². The number of amides is 2. The van der Waals surface area contributed by atoms with Gasteiger partial charge in [-0.05, 0) is 30.7 Å². The van der Waals surface area contributed by atoms with Crippen molar-refractivity contribution >= 4 is 22.7 Å². The van der Waals surface area contributed by atoms with Gasteiger partial charge in [0.25, 0.3) is 5.91 Å². The van der Waals surface area contributed by atoms with Crippen LogP contribution in [-0.4, -0.2) is 29.9 Å². The van der Waals surface area contributed by atoms with E-state index in [0.29, 0.717) is 18.0 Å². The van der Waals surface area contributed by atoms with Crippen molar-refractivity contribution in [2.24, 2.45) is 0 Å². The van der Waals surface area contributed by atoms with Crippen molar-refractivity contribution in [2.75, 3.05) is 7.11 Å². The third-order valence-electron chi connectivity index (χ3n) is 4.12. The predicted octanol–water partition coefficient (Wildman–Crippen LogP) is 2.61. The molecule has 1 unspecified atom stereocenters. The zero-order valence-electron chi connectivity index (χ0n) is 14.7. The number of ether oxygens (including phenoxy) is 1. The molecule has 0 saturated carbocycles. The molecule has 0 bridgehead atoms. The number of carbonyl (C=O) groups is 2. The van der Waals surface area contributed by atoms with Crippen LogP contribution in [0.25, 0.3) is 10.9 Å². The monoisotopic (exact) mass is 351 g/mol. The van der Waals surface area contributed by atoms with Gasteiger partial charge in [0, 0.05) is 23.5 Å². The quantitative estimate of drug-likeness (QED) is 0.638. The zero-order valence-corrected chi connectivity index (χ0v) is 14.7. The summed E-state index contributed by atoms with van der Waals surface area (Å²) in [6.07, 6.45) is 0. The van der Waals surface area contributed by atoms with Gasteiger partial charge < -0.3 is 20.4 Å². The molecule has 0 spiro atoms. The highest BCUT2D eigenvalue weighted by molar-refractivity contribution is 6.00. The number of fused-ring (bicyclic) bond motifs is 1. The highest BCUT2D eigenvalue weighted by Crippen LogP contribution is 2.21. The van der Waals surface area contributed by atoms with Gasteiger partial charge in [0.05, 0.1) is 7.11 Å². The topological polar surface area (TPSA) is 83.2 Å². The van der Waals surface area contributed by atoms with E-state index in [4.69, 9.17) is 4.74 Å². The van der Waals surface area contributed by atoms with Gasteiger partial charge in [0.2, 0.25) is 5.91 Å². The Hall–Kier alpha value is -3.28. The first-order chi connectivity index (χ1) is 12.6. The van der Waals surface area contributed by atoms with Crippen molar-refractivity contribution in [3.05, 3.63) is 65.9 Å². The van der Waals surface area contributed by atoms with Gasteiger partial charge in [-0.1, -0.05) is 30.3 Å². The molecule has 2 amide bonds. The van der Waals surface area contributed by atoms with E-state index < -0.39 is 6.04 Å². The second-order valence-corrected chi connectivity index (χ2v) is 6.03. The summed E-state index contributed by atoms with van der Waals surface area (Å²) < 4.78 is 5.18. The molecule has 0 radical (unpaired) electrons. The smallest absolute Gasteiger partial charge is 0.268 e. The Morgan fingerprint density at radius 2 is 1.88 bits per heavy atom. The molecule has 0 aliphatic heterocycles. The van der Waals surface area contributed by atoms with Gasteiger partial charge in [0.15, 0.2) is 0 Å². The Kier molecular flexibility index (Phi) is 5.22. The average Bonchev–Trinajstić information content (AvgIpc) is 3.10. The number of H-pyrrole nitrogens is 1. The summed E-state index contributed by atoms with van der Waals surface area (Å²) in [4.78, 5) is 27.6. The molecule has 1 heterocycles. The van der Waals surface area contributed by atoms with Gasteiger partial charge in [-0.3, -0.25) is 9.59 Å². The maximum absolute atomic E-state index is 12.4. The summed E-state index contributed by atoms with van der Waals surface area (Å²) in [5.74, 6) is 0.141. The van der Waals surface area contributed by atoms with E-state index in [1.165, 1.54) is 0 Å². The molecule has 0 aliphatic carbocycles. The minimum Gasteiger partial charge on any atom is -0.497 e. The van der Waals surface area contributed by atoms with Crippen LogP contribution in [0.1, 0.15) is 23.0 Å². The first kappa shape index (κ1) is 17.5. The van der Waals surface area contributed by atoms with Crippen molar-refractivity contribution in [1.82, 2.24) is 15.6 Å². The zero-order chi connectivity index (χ0) is 18.5. The number of methoxy groups -OCH3 is 1. The minimum atomic E-state index is -0.646. The standard InChI is InChI=1S/C20H21N3O3/c1-13(19(24)21-12-14-6-4-3-5-7-14)22-20(25)18-10-15-8-9-16(26-2)11-17(15)23-18/h3-11,13,23H,12H2,1-2H3,(H,21,24)(H,22,25). The van der Waals surface area contributed by atoms with Crippen LogP contribution in [0.3, 0.4) is 0 Å². The van der Waals surface area contributed by atoms with Crippen LogP contribution in [0.4, 0.5) is 0 Å². The molecular formula is C20H21N3O3. The Balaban J connectivity index is 1.60. The molecule has 2 aromatic carbocycles. The Bertz CT molecular complexity index is 918. The van der Waals surface area contributed by atoms with Crippen molar-refractivity contribution in [3.8, 4) is 5.75 Å². The van der Waals surface area contributed by atoms with Crippen LogP contribution in [0.5, 0.6) is 5.75 Å². The summed E-state index contributed by atoms with van der Waals surface area (Å²) in [5, 5.41) is 6.43. The maximum Gasteiger partial charge on any atom is 0.268 e. The lowest BCUT2D eigenvalue weighted by Gasteiger charge is -2.13. The number of aromatic nitrogens is 1. The first-order valence-corrected chi connectivity index (χ1v) is 8.36. The Morgan fingerprint density at radius 3 is 2.62 bits per heavy atom. The molecule has 134 valence electrons. The molecular weight excluding hydrogens is 330 g/mol. The molecule has 3 N–H and O–H groups in total. The van der Waals surface area contributed by atoms with E-state index in [-0.39, 0.29) is 11.8 Å². The fourth-order valence-corrected chi connectivity index (χ4v) is 2.63. The summed E-state index contributed by atoms with van der Waals surface area (Å²) in [5.41, 5.74) is 2.20. The van der Waals surface area contributed by atoms with Gasteiger partial charge in [-0.25, -0.2) is 0 Å². The van der Waals surface area contributed by atoms with Crippen LogP contribution in [0, 0.1) is 0 Å². The highest BCUT2D eigenvalue weighted by Gasteiger charge is 2.17. The lowest BCUT2D eigenvalue weighted by molar-refractivity contribution is -0.122. The lowest BCUT2D eigenvalue weighted by Crippen LogP contribution is -2.44. The number of rotatable bonds is 6. The van der Waals surface area contributed by atoms with Gasteiger partial charge >= 0.3 is 0 Å². The SMILES string of the molecule is COc1ccc2cc(C(=O)NC(C)C(=O)NCc3ccccc3)[nH]c2c1. The van der Waals surface area contributed by atoms with Crippen LogP contribution < -0.4 is 15.4 Å². The molecule has 26 heavy (non-hydrogen) atoms. The van der Waals surface area contributed by atoms with Gasteiger partial charge in [-0.15, -0.1) is 0 Å². The molecule has 0 saturated heterocycles. The Morgan fingerprint density at radius 1 is 1.12 bits per heavy atom. The summed E-state index contributed by atoms with van der Waals surface area (Å²) in [6.45, 7) is 2.08. The third-order valence-corrected chi connectivity index (χ3v) is 4.12. The largest absolute Gasteiger partial charge is 0.497 e. The number of hydrogen-bond acceptors (Lipinski definition) is 3. The molecule has 1 aromatic heterocycles. The number of nitrogens with one attached hydrogen (secondary N) is 3. The maximum atomic E-state index is 12.4. The molecule has 0 fully saturated rings. The van der Waals surface area contributed by atoms with E-state index in [2.05, 4.69) is 15.6 Å². The number of hydrogen-bond donors (Lipinski definition) is 3. The van der Waals surface area contributed by atoms with Crippen molar-refractivity contribution in [3.63, 3.8) is 0 Å². The first-order valence-electron chi connectivity index (χ1n) is 8.36. The normalized spacial score (nSPS) is 11.8. The second-order valence-electron chi connectivity index (χ2n) is 6.03. The Labute approximate surface area is 151 Å². The number of aromatic amines is 1. The predicted molar refractivity (Wildman–Crippen MR) is 100 cm³/mol. The molecule has 0 aliphatic rings. The molecule has 6 nitrogen and oxygen atoms in total. The summed E-state index contributed by atoms with van der Waals surface area (Å²) in [7, 11) is 1.59. The van der Waals surface area contributed by atoms with E-state index in [9.17, 15) is 9.59 Å². The van der Waals surface area contributed by atoms with Crippen molar-refractivity contribution < 1.29 is 14.3 Å². The molecule has 6 heteroatoms. The van der Waals surface area contributed by atoms with E-state index in [1.807, 2.05) is 48.5 Å². The summed E-state index contributed by atoms with van der Waals surface area (Å²) >= 11 is 0. The molecule has 1 atom stereocenters. The molecule has 3 rings (SSSR count). The number of carbonyl (C=O) groups excluding carboxylic acids is 2. The fourth-order valence-electron chi connectivity index (χ4n) is 2.63. The van der Waals surface area contributed by atoms with Crippen LogP contribution >= 0.6 is 0 Å². The van der Waals surface area contributed by atoms with Crippen LogP contribution in [0.15, 0.2) is 54.6 Å². The fraction of sp³-hybridized carbons (Fsp3) is 0.200. The third kappa shape index (κ3) is 4.03. The van der Waals surface area contributed by atoms with Crippen LogP contribution in [0.2, 0.25) is 0 Å². The van der Waals surface area contributed by atoms with Gasteiger partial charge in [0.1, 0.15) is 17.5 Å². The van der Waals surface area contributed by atoms with E-state index >= 15 is 0 Å². The van der Waals surface area contributed by atoms with Crippen LogP contribution in [-0.2, 0) is 11.3 Å². The van der Waals surface area contributed by atoms with Crippen molar-refractivity contribution in [2.45, 2.75) is 19.5 Å². The highest BCUT2D eigenvalue weighted by atomic mass is 16.5.